The van der Waals surface area contributed by atoms with Crippen LogP contribution in [0, 0.1) is 0 Å². The lowest BCUT2D eigenvalue weighted by Gasteiger charge is -2.14. The number of nitrogens with one attached hydrogen (secondary N) is 1. The molecular weight excluding hydrogens is 348 g/mol. The Labute approximate surface area is 156 Å². The molecule has 1 heterocycles. The van der Waals surface area contributed by atoms with Crippen LogP contribution >= 0.6 is 11.3 Å². The standard InChI is InChI=1S/C19H20N4O2S/c1-13(18-22-23-19(20)26-18)21-17(24)15-9-5-6-10-16(15)25-12-11-14-7-3-2-4-8-14/h2-10,13H,11-12H2,1H3,(H2,20,23)(H,21,24)/t13-/m1/s1. The van der Waals surface area contributed by atoms with Crippen LogP contribution in [0.25, 0.3) is 0 Å². The molecule has 0 unspecified atom stereocenters. The average molecular weight is 368 g/mol. The molecule has 0 aliphatic carbocycles. The van der Waals surface area contributed by atoms with Gasteiger partial charge >= 0.3 is 0 Å². The van der Waals surface area contributed by atoms with Crippen LogP contribution in [0.1, 0.15) is 33.9 Å². The van der Waals surface area contributed by atoms with Crippen molar-refractivity contribution >= 4 is 22.4 Å². The van der Waals surface area contributed by atoms with Gasteiger partial charge in [-0.2, -0.15) is 0 Å². The Hall–Kier alpha value is -2.93. The van der Waals surface area contributed by atoms with Crippen LogP contribution in [0.4, 0.5) is 5.13 Å². The number of rotatable bonds is 7. The lowest BCUT2D eigenvalue weighted by molar-refractivity contribution is 0.0935. The maximum absolute atomic E-state index is 12.6. The zero-order chi connectivity index (χ0) is 18.4. The number of aromatic nitrogens is 2. The number of nitrogens with zero attached hydrogens (tertiary/aromatic N) is 2. The largest absolute Gasteiger partial charge is 0.492 e. The van der Waals surface area contributed by atoms with Gasteiger partial charge in [-0.15, -0.1) is 10.2 Å². The van der Waals surface area contributed by atoms with Crippen LogP contribution in [0.15, 0.2) is 54.6 Å². The summed E-state index contributed by atoms with van der Waals surface area (Å²) in [6.45, 7) is 2.34. The third-order valence-corrected chi connectivity index (χ3v) is 4.73. The molecule has 0 saturated carbocycles. The fourth-order valence-electron chi connectivity index (χ4n) is 2.46. The van der Waals surface area contributed by atoms with Gasteiger partial charge in [-0.1, -0.05) is 53.8 Å². The molecule has 3 rings (SSSR count). The molecule has 1 atom stereocenters. The van der Waals surface area contributed by atoms with Gasteiger partial charge in [0, 0.05) is 6.42 Å². The first-order valence-corrected chi connectivity index (χ1v) is 9.10. The summed E-state index contributed by atoms with van der Waals surface area (Å²) in [5.41, 5.74) is 7.28. The molecule has 2 aromatic carbocycles. The number of hydrogen-bond donors (Lipinski definition) is 2. The van der Waals surface area contributed by atoms with Crippen molar-refractivity contribution in [3.8, 4) is 5.75 Å². The summed E-state index contributed by atoms with van der Waals surface area (Å²) in [5.74, 6) is 0.339. The minimum atomic E-state index is -0.283. The molecule has 3 aromatic rings. The van der Waals surface area contributed by atoms with Crippen LogP contribution in [-0.4, -0.2) is 22.7 Å². The molecule has 7 heteroatoms. The van der Waals surface area contributed by atoms with Crippen molar-refractivity contribution in [1.82, 2.24) is 15.5 Å². The minimum Gasteiger partial charge on any atom is -0.492 e. The second-order valence-corrected chi connectivity index (χ2v) is 6.79. The van der Waals surface area contributed by atoms with Crippen LogP contribution in [0.5, 0.6) is 5.75 Å². The van der Waals surface area contributed by atoms with Crippen LogP contribution in [0.2, 0.25) is 0 Å². The molecule has 0 fully saturated rings. The number of nitrogens with two attached hydrogens (primary N) is 1. The Balaban J connectivity index is 1.63. The number of benzene rings is 2. The number of anilines is 1. The van der Waals surface area contributed by atoms with E-state index in [4.69, 9.17) is 10.5 Å². The van der Waals surface area contributed by atoms with E-state index in [1.54, 1.807) is 12.1 Å². The Morgan fingerprint density at radius 1 is 1.15 bits per heavy atom. The monoisotopic (exact) mass is 368 g/mol. The van der Waals surface area contributed by atoms with Gasteiger partial charge in [-0.05, 0) is 24.6 Å². The molecule has 0 saturated heterocycles. The van der Waals surface area contributed by atoms with E-state index in [0.29, 0.717) is 28.1 Å². The fraction of sp³-hybridized carbons (Fsp3) is 0.211. The molecule has 0 spiro atoms. The number of para-hydroxylation sites is 1. The zero-order valence-corrected chi connectivity index (χ0v) is 15.2. The van der Waals surface area contributed by atoms with Gasteiger partial charge in [-0.25, -0.2) is 0 Å². The van der Waals surface area contributed by atoms with Crippen molar-refractivity contribution in [2.24, 2.45) is 0 Å². The van der Waals surface area contributed by atoms with Crippen molar-refractivity contribution in [2.45, 2.75) is 19.4 Å². The highest BCUT2D eigenvalue weighted by Crippen LogP contribution is 2.22. The van der Waals surface area contributed by atoms with Crippen LogP contribution in [-0.2, 0) is 6.42 Å². The Morgan fingerprint density at radius 2 is 1.88 bits per heavy atom. The molecule has 1 amide bonds. The zero-order valence-electron chi connectivity index (χ0n) is 14.4. The van der Waals surface area contributed by atoms with Gasteiger partial charge in [0.05, 0.1) is 18.2 Å². The summed E-state index contributed by atoms with van der Waals surface area (Å²) >= 11 is 1.26. The molecule has 0 aliphatic rings. The Kier molecular flexibility index (Phi) is 5.80. The highest BCUT2D eigenvalue weighted by atomic mass is 32.1. The minimum absolute atomic E-state index is 0.221. The molecule has 6 nitrogen and oxygen atoms in total. The topological polar surface area (TPSA) is 90.1 Å². The van der Waals surface area contributed by atoms with Gasteiger partial charge in [0.15, 0.2) is 0 Å². The van der Waals surface area contributed by atoms with Crippen LogP contribution in [0.3, 0.4) is 0 Å². The number of nitrogen functional groups attached to an aromatic ring is 1. The van der Waals surface area contributed by atoms with E-state index in [9.17, 15) is 4.79 Å². The Bertz CT molecular complexity index is 867. The summed E-state index contributed by atoms with van der Waals surface area (Å²) in [6, 6.07) is 17.0. The SMILES string of the molecule is C[C@@H](NC(=O)c1ccccc1OCCc1ccccc1)c1nnc(N)s1. The molecule has 26 heavy (non-hydrogen) atoms. The van der Waals surface area contributed by atoms with Crippen molar-refractivity contribution in [3.05, 3.63) is 70.7 Å². The van der Waals surface area contributed by atoms with Gasteiger partial charge < -0.3 is 15.8 Å². The van der Waals surface area contributed by atoms with Gasteiger partial charge in [-0.3, -0.25) is 4.79 Å². The lowest BCUT2D eigenvalue weighted by atomic mass is 10.1. The first-order valence-electron chi connectivity index (χ1n) is 8.29. The lowest BCUT2D eigenvalue weighted by Crippen LogP contribution is -2.27. The maximum atomic E-state index is 12.6. The summed E-state index contributed by atoms with van der Waals surface area (Å²) in [4.78, 5) is 12.6. The van der Waals surface area contributed by atoms with E-state index < -0.39 is 0 Å². The highest BCUT2D eigenvalue weighted by Gasteiger charge is 2.18. The summed E-state index contributed by atoms with van der Waals surface area (Å²) in [6.07, 6.45) is 0.775. The normalized spacial score (nSPS) is 11.7. The molecule has 0 bridgehead atoms. The Morgan fingerprint density at radius 3 is 2.62 bits per heavy atom. The maximum Gasteiger partial charge on any atom is 0.255 e. The predicted molar refractivity (Wildman–Crippen MR) is 102 cm³/mol. The molecule has 0 aliphatic heterocycles. The van der Waals surface area contributed by atoms with E-state index in [1.807, 2.05) is 37.3 Å². The third kappa shape index (κ3) is 4.58. The van der Waals surface area contributed by atoms with E-state index in [0.717, 1.165) is 6.42 Å². The van der Waals surface area contributed by atoms with E-state index >= 15 is 0 Å². The van der Waals surface area contributed by atoms with Crippen molar-refractivity contribution in [3.63, 3.8) is 0 Å². The van der Waals surface area contributed by atoms with Crippen molar-refractivity contribution in [2.75, 3.05) is 12.3 Å². The van der Waals surface area contributed by atoms with Crippen molar-refractivity contribution in [1.29, 1.82) is 0 Å². The predicted octanol–water partition coefficient (Wildman–Crippen LogP) is 3.23. The van der Waals surface area contributed by atoms with Gasteiger partial charge in [0.2, 0.25) is 5.13 Å². The van der Waals surface area contributed by atoms with E-state index in [1.165, 1.54) is 16.9 Å². The summed E-state index contributed by atoms with van der Waals surface area (Å²) in [5, 5.41) is 11.7. The second-order valence-electron chi connectivity index (χ2n) is 5.75. The second kappa shape index (κ2) is 8.44. The highest BCUT2D eigenvalue weighted by molar-refractivity contribution is 7.15. The summed E-state index contributed by atoms with van der Waals surface area (Å²) < 4.78 is 5.85. The fourth-order valence-corrected chi connectivity index (χ4v) is 3.07. The first-order chi connectivity index (χ1) is 12.6. The van der Waals surface area contributed by atoms with Crippen LogP contribution < -0.4 is 15.8 Å². The number of hydrogen-bond acceptors (Lipinski definition) is 6. The quantitative estimate of drug-likeness (QED) is 0.668. The van der Waals surface area contributed by atoms with E-state index in [-0.39, 0.29) is 11.9 Å². The molecule has 0 radical (unpaired) electrons. The van der Waals surface area contributed by atoms with Crippen molar-refractivity contribution < 1.29 is 9.53 Å². The number of ether oxygens (including phenoxy) is 1. The molecule has 134 valence electrons. The summed E-state index contributed by atoms with van der Waals surface area (Å²) in [7, 11) is 0. The molecule has 3 N–H and O–H groups in total. The smallest absolute Gasteiger partial charge is 0.255 e. The first kappa shape index (κ1) is 17.9. The molecular formula is C19H20N4O2S. The van der Waals surface area contributed by atoms with E-state index in [2.05, 4.69) is 27.6 Å². The number of carbonyl (C=O) groups is 1. The number of carbonyl (C=O) groups excluding carboxylic acids is 1. The van der Waals surface area contributed by atoms with Gasteiger partial charge in [0.25, 0.3) is 5.91 Å². The average Bonchev–Trinajstić information content (AvgIpc) is 3.09. The van der Waals surface area contributed by atoms with Gasteiger partial charge in [0.1, 0.15) is 10.8 Å². The number of amides is 1. The molecule has 1 aromatic heterocycles. The third-order valence-electron chi connectivity index (χ3n) is 3.80.